The molecule has 0 aliphatic carbocycles. The third kappa shape index (κ3) is 3.85. The number of nitrogens with two attached hydrogens (primary N) is 1. The fraction of sp³-hybridized carbons (Fsp3) is 0.0385. The van der Waals surface area contributed by atoms with E-state index < -0.39 is 5.91 Å². The van der Waals surface area contributed by atoms with Gasteiger partial charge in [-0.3, -0.25) is 4.79 Å². The molecule has 33 heavy (non-hydrogen) atoms. The number of carbonyl (C=O) groups excluding carboxylic acids is 1. The molecule has 1 heterocycles. The molecule has 7 heteroatoms. The number of amides is 1. The van der Waals surface area contributed by atoms with E-state index in [-0.39, 0.29) is 0 Å². The minimum atomic E-state index is -0.507. The lowest BCUT2D eigenvalue weighted by Crippen LogP contribution is -2.11. The number of nitrogens with zero attached hydrogens (tertiary/aromatic N) is 1. The molecule has 0 aliphatic heterocycles. The summed E-state index contributed by atoms with van der Waals surface area (Å²) in [4.78, 5) is 12.2. The number of halogens is 4. The van der Waals surface area contributed by atoms with Gasteiger partial charge in [-0.1, -0.05) is 58.5 Å². The van der Waals surface area contributed by atoms with Crippen LogP contribution in [0, 0.1) is 6.07 Å². The van der Waals surface area contributed by atoms with Gasteiger partial charge in [0.2, 0.25) is 5.91 Å². The summed E-state index contributed by atoms with van der Waals surface area (Å²) in [6.07, 6.45) is 0. The number of hydrogen-bond donors (Lipinski definition) is 1. The van der Waals surface area contributed by atoms with Crippen LogP contribution in [-0.4, -0.2) is 10.5 Å². The Hall–Kier alpha value is -2.69. The van der Waals surface area contributed by atoms with Gasteiger partial charge in [-0.2, -0.15) is 0 Å². The highest BCUT2D eigenvalue weighted by molar-refractivity contribution is 6.39. The molecule has 0 saturated heterocycles. The highest BCUT2D eigenvalue weighted by atomic mass is 35.5. The van der Waals surface area contributed by atoms with Gasteiger partial charge in [-0.15, -0.1) is 0 Å². The van der Waals surface area contributed by atoms with Crippen LogP contribution in [0.15, 0.2) is 66.7 Å². The summed E-state index contributed by atoms with van der Waals surface area (Å²) < 4.78 is 2.07. The summed E-state index contributed by atoms with van der Waals surface area (Å²) in [7, 11) is 0. The molecule has 0 fully saturated rings. The highest BCUT2D eigenvalue weighted by Crippen LogP contribution is 2.39. The van der Waals surface area contributed by atoms with E-state index in [2.05, 4.69) is 10.6 Å². The Morgan fingerprint density at radius 2 is 1.61 bits per heavy atom. The Morgan fingerprint density at radius 1 is 0.879 bits per heavy atom. The summed E-state index contributed by atoms with van der Waals surface area (Å²) in [5, 5.41) is 3.75. The van der Waals surface area contributed by atoms with Gasteiger partial charge in [-0.05, 0) is 71.8 Å². The quantitative estimate of drug-likeness (QED) is 0.260. The monoisotopic (exact) mass is 511 g/mol. The second kappa shape index (κ2) is 8.58. The van der Waals surface area contributed by atoms with Crippen molar-refractivity contribution in [3.05, 3.63) is 104 Å². The van der Waals surface area contributed by atoms with Crippen LogP contribution in [0.3, 0.4) is 0 Å². The molecular weight excluding hydrogens is 498 g/mol. The van der Waals surface area contributed by atoms with Gasteiger partial charge in [0.25, 0.3) is 0 Å². The lowest BCUT2D eigenvalue weighted by atomic mass is 10.0. The fourth-order valence-electron chi connectivity index (χ4n) is 4.18. The van der Waals surface area contributed by atoms with Gasteiger partial charge < -0.3 is 10.3 Å². The number of hydrogen-bond acceptors (Lipinski definition) is 1. The SMILES string of the molecule is NC(=O)c1cccc2c1c1[c]cc(-c3c(Cl)cccc3Cl)cc1n2Cc1cc(Cl)ccc1Cl. The van der Waals surface area contributed by atoms with Crippen molar-refractivity contribution < 1.29 is 4.79 Å². The molecule has 163 valence electrons. The Kier molecular flexibility index (Phi) is 5.75. The number of carbonyl (C=O) groups is 1. The van der Waals surface area contributed by atoms with E-state index in [9.17, 15) is 4.79 Å². The maximum Gasteiger partial charge on any atom is 0.249 e. The summed E-state index contributed by atoms with van der Waals surface area (Å²) in [5.41, 5.74) is 10.2. The van der Waals surface area contributed by atoms with Gasteiger partial charge in [0.15, 0.2) is 0 Å². The number of rotatable bonds is 4. The van der Waals surface area contributed by atoms with E-state index >= 15 is 0 Å². The Balaban J connectivity index is 1.85. The minimum absolute atomic E-state index is 0.424. The molecule has 0 bridgehead atoms. The van der Waals surface area contributed by atoms with Crippen LogP contribution in [0.25, 0.3) is 32.9 Å². The first-order valence-corrected chi connectivity index (χ1v) is 11.5. The number of primary amides is 1. The van der Waals surface area contributed by atoms with E-state index in [0.29, 0.717) is 37.8 Å². The molecule has 4 aromatic carbocycles. The first kappa shape index (κ1) is 22.1. The van der Waals surface area contributed by atoms with Gasteiger partial charge >= 0.3 is 0 Å². The van der Waals surface area contributed by atoms with Crippen LogP contribution in [0.4, 0.5) is 0 Å². The third-order valence-electron chi connectivity index (χ3n) is 5.65. The van der Waals surface area contributed by atoms with Crippen molar-refractivity contribution in [1.82, 2.24) is 4.57 Å². The number of fused-ring (bicyclic) bond motifs is 3. The van der Waals surface area contributed by atoms with E-state index in [1.54, 1.807) is 36.4 Å². The summed E-state index contributed by atoms with van der Waals surface area (Å²) >= 11 is 25.7. The van der Waals surface area contributed by atoms with Crippen molar-refractivity contribution in [2.75, 3.05) is 0 Å². The maximum absolute atomic E-state index is 12.2. The van der Waals surface area contributed by atoms with E-state index in [1.165, 1.54) is 0 Å². The van der Waals surface area contributed by atoms with Crippen LogP contribution in [0.2, 0.25) is 20.1 Å². The van der Waals surface area contributed by atoms with Crippen molar-refractivity contribution in [1.29, 1.82) is 0 Å². The summed E-state index contributed by atoms with van der Waals surface area (Å²) in [5.74, 6) is -0.507. The largest absolute Gasteiger partial charge is 0.366 e. The van der Waals surface area contributed by atoms with Crippen LogP contribution >= 0.6 is 46.4 Å². The Bertz CT molecular complexity index is 1550. The molecule has 0 saturated carbocycles. The topological polar surface area (TPSA) is 48.0 Å². The van der Waals surface area contributed by atoms with Crippen molar-refractivity contribution in [3.63, 3.8) is 0 Å². The maximum atomic E-state index is 12.2. The normalized spacial score (nSPS) is 11.4. The van der Waals surface area contributed by atoms with Gasteiger partial charge in [0.1, 0.15) is 0 Å². The second-order valence-corrected chi connectivity index (χ2v) is 9.29. The van der Waals surface area contributed by atoms with Crippen LogP contribution < -0.4 is 5.73 Å². The van der Waals surface area contributed by atoms with E-state index in [0.717, 1.165) is 32.9 Å². The molecule has 5 rings (SSSR count). The molecule has 2 N–H and O–H groups in total. The van der Waals surface area contributed by atoms with Gasteiger partial charge in [-0.25, -0.2) is 0 Å². The van der Waals surface area contributed by atoms with Gasteiger partial charge in [0, 0.05) is 48.5 Å². The molecule has 3 nitrogen and oxygen atoms in total. The summed E-state index contributed by atoms with van der Waals surface area (Å²) in [6.45, 7) is 0.426. The van der Waals surface area contributed by atoms with Crippen molar-refractivity contribution in [2.45, 2.75) is 6.54 Å². The van der Waals surface area contributed by atoms with Crippen LogP contribution in [0.5, 0.6) is 0 Å². The zero-order valence-corrected chi connectivity index (χ0v) is 20.0. The predicted molar refractivity (Wildman–Crippen MR) is 138 cm³/mol. The second-order valence-electron chi connectivity index (χ2n) is 7.63. The molecule has 0 atom stereocenters. The van der Waals surface area contributed by atoms with Crippen molar-refractivity contribution in [2.24, 2.45) is 5.73 Å². The number of benzene rings is 4. The molecule has 1 aromatic heterocycles. The number of aromatic nitrogens is 1. The van der Waals surface area contributed by atoms with Crippen molar-refractivity contribution >= 4 is 74.1 Å². The average molecular weight is 513 g/mol. The minimum Gasteiger partial charge on any atom is -0.366 e. The zero-order chi connectivity index (χ0) is 23.3. The molecular formula is C26H15Cl4N2O. The average Bonchev–Trinajstić information content (AvgIpc) is 3.09. The first-order chi connectivity index (χ1) is 15.8. The zero-order valence-electron chi connectivity index (χ0n) is 17.0. The lowest BCUT2D eigenvalue weighted by Gasteiger charge is -2.12. The fourth-order valence-corrected chi connectivity index (χ4v) is 5.17. The first-order valence-electron chi connectivity index (χ1n) is 10.00. The van der Waals surface area contributed by atoms with Gasteiger partial charge in [0.05, 0.1) is 11.0 Å². The highest BCUT2D eigenvalue weighted by Gasteiger charge is 2.19. The smallest absolute Gasteiger partial charge is 0.249 e. The standard InChI is InChI=1S/C26H15Cl4N2O/c27-16-8-10-19(28)15(11-16)13-32-22-6-1-3-18(26(31)33)25(22)17-9-7-14(12-23(17)32)24-20(29)4-2-5-21(24)30/h1-8,10-12H,13H2,(H2,31,33). The van der Waals surface area contributed by atoms with E-state index in [1.807, 2.05) is 30.3 Å². The third-order valence-corrected chi connectivity index (χ3v) is 6.88. The van der Waals surface area contributed by atoms with Crippen LogP contribution in [0.1, 0.15) is 15.9 Å². The lowest BCUT2D eigenvalue weighted by molar-refractivity contribution is 0.100. The molecule has 5 aromatic rings. The Morgan fingerprint density at radius 3 is 2.33 bits per heavy atom. The molecule has 1 amide bonds. The molecule has 0 aliphatic rings. The Labute approximate surface area is 210 Å². The molecule has 0 unspecified atom stereocenters. The van der Waals surface area contributed by atoms with E-state index in [4.69, 9.17) is 52.1 Å². The summed E-state index contributed by atoms with van der Waals surface area (Å²) in [6, 6.07) is 23.3. The predicted octanol–water partition coefficient (Wildman–Crippen LogP) is 8.02. The molecule has 0 spiro atoms. The van der Waals surface area contributed by atoms with Crippen molar-refractivity contribution in [3.8, 4) is 11.1 Å². The molecule has 1 radical (unpaired) electrons. The van der Waals surface area contributed by atoms with Crippen LogP contribution in [-0.2, 0) is 6.54 Å².